The number of aromatic nitrogens is 1. The molecular formula is C24H21ClF3N3O2. The number of rotatable bonds is 5. The van der Waals surface area contributed by atoms with Crippen molar-refractivity contribution in [2.75, 3.05) is 29.9 Å². The average Bonchev–Trinajstić information content (AvgIpc) is 2.78. The van der Waals surface area contributed by atoms with Gasteiger partial charge in [-0.3, -0.25) is 0 Å². The number of esters is 1. The van der Waals surface area contributed by atoms with Gasteiger partial charge >= 0.3 is 12.1 Å². The summed E-state index contributed by atoms with van der Waals surface area (Å²) >= 11 is 6.00. The third-order valence-corrected chi connectivity index (χ3v) is 5.56. The molecule has 0 atom stereocenters. The van der Waals surface area contributed by atoms with E-state index in [4.69, 9.17) is 16.3 Å². The second-order valence-electron chi connectivity index (χ2n) is 7.54. The molecule has 0 aliphatic carbocycles. The van der Waals surface area contributed by atoms with Crippen LogP contribution in [0.2, 0.25) is 5.02 Å². The fourth-order valence-electron chi connectivity index (χ4n) is 3.80. The summed E-state index contributed by atoms with van der Waals surface area (Å²) < 4.78 is 45.7. The van der Waals surface area contributed by atoms with Crippen LogP contribution in [0.15, 0.2) is 54.7 Å². The largest absolute Gasteiger partial charge is 0.462 e. The SMILES string of the molecule is CCOC(=O)c1cccc(-c2cnc3c(c2)N(Cc2cc(Cl)ccc2C(F)(F)F)CCN3)c1. The summed E-state index contributed by atoms with van der Waals surface area (Å²) in [6.07, 6.45) is -2.81. The van der Waals surface area contributed by atoms with Gasteiger partial charge in [0, 0.05) is 36.4 Å². The molecule has 0 bridgehead atoms. The second-order valence-corrected chi connectivity index (χ2v) is 7.98. The molecular weight excluding hydrogens is 455 g/mol. The molecule has 0 radical (unpaired) electrons. The third kappa shape index (κ3) is 5.06. The Kier molecular flexibility index (Phi) is 6.47. The first kappa shape index (κ1) is 22.9. The van der Waals surface area contributed by atoms with Gasteiger partial charge in [-0.05, 0) is 54.4 Å². The molecule has 1 aliphatic rings. The number of nitrogens with zero attached hydrogens (tertiary/aromatic N) is 2. The number of nitrogens with one attached hydrogen (secondary N) is 1. The standard InChI is InChI=1S/C24H21ClF3N3O2/c1-2-33-23(32)16-5-3-4-15(10-16)17-12-21-22(30-13-17)29-8-9-31(21)14-18-11-19(25)6-7-20(18)24(26,27)28/h3-7,10-13H,2,8-9,14H2,1H3,(H,29,30). The first-order valence-electron chi connectivity index (χ1n) is 10.4. The lowest BCUT2D eigenvalue weighted by Gasteiger charge is -2.32. The van der Waals surface area contributed by atoms with Crippen molar-refractivity contribution in [3.8, 4) is 11.1 Å². The van der Waals surface area contributed by atoms with E-state index in [9.17, 15) is 18.0 Å². The van der Waals surface area contributed by atoms with E-state index in [1.165, 1.54) is 12.1 Å². The van der Waals surface area contributed by atoms with E-state index in [0.717, 1.165) is 17.2 Å². The first-order chi connectivity index (χ1) is 15.8. The van der Waals surface area contributed by atoms with Crippen molar-refractivity contribution in [1.82, 2.24) is 4.98 Å². The van der Waals surface area contributed by atoms with Gasteiger partial charge in [0.25, 0.3) is 0 Å². The highest BCUT2D eigenvalue weighted by Crippen LogP contribution is 2.37. The minimum Gasteiger partial charge on any atom is -0.462 e. The first-order valence-corrected chi connectivity index (χ1v) is 10.8. The predicted octanol–water partition coefficient (Wildman–Crippen LogP) is 6.03. The Morgan fingerprint density at radius 3 is 2.76 bits per heavy atom. The van der Waals surface area contributed by atoms with E-state index in [1.54, 1.807) is 31.3 Å². The summed E-state index contributed by atoms with van der Waals surface area (Å²) in [4.78, 5) is 18.4. The number of hydrogen-bond donors (Lipinski definition) is 1. The smallest absolute Gasteiger partial charge is 0.416 e. The normalized spacial score (nSPS) is 13.3. The van der Waals surface area contributed by atoms with Gasteiger partial charge in [-0.1, -0.05) is 23.7 Å². The zero-order valence-electron chi connectivity index (χ0n) is 17.7. The van der Waals surface area contributed by atoms with E-state index in [2.05, 4.69) is 10.3 Å². The minimum atomic E-state index is -4.48. The number of halogens is 4. The van der Waals surface area contributed by atoms with Crippen LogP contribution in [0.3, 0.4) is 0 Å². The van der Waals surface area contributed by atoms with Crippen LogP contribution in [0, 0.1) is 0 Å². The molecule has 33 heavy (non-hydrogen) atoms. The van der Waals surface area contributed by atoms with Gasteiger partial charge in [0.15, 0.2) is 0 Å². The van der Waals surface area contributed by atoms with Gasteiger partial charge in [-0.15, -0.1) is 0 Å². The number of pyridine rings is 1. The topological polar surface area (TPSA) is 54.5 Å². The van der Waals surface area contributed by atoms with Crippen molar-refractivity contribution >= 4 is 29.1 Å². The molecule has 0 amide bonds. The number of carbonyl (C=O) groups excluding carboxylic acids is 1. The van der Waals surface area contributed by atoms with E-state index in [1.807, 2.05) is 17.0 Å². The summed E-state index contributed by atoms with van der Waals surface area (Å²) in [7, 11) is 0. The number of alkyl halides is 3. The Hall–Kier alpha value is -3.26. The Labute approximate surface area is 194 Å². The molecule has 0 fully saturated rings. The molecule has 2 aromatic carbocycles. The maximum absolute atomic E-state index is 13.5. The van der Waals surface area contributed by atoms with Crippen LogP contribution in [0.5, 0.6) is 0 Å². The zero-order chi connectivity index (χ0) is 23.6. The van der Waals surface area contributed by atoms with Crippen molar-refractivity contribution in [2.45, 2.75) is 19.6 Å². The highest BCUT2D eigenvalue weighted by atomic mass is 35.5. The molecule has 1 aromatic heterocycles. The molecule has 0 saturated heterocycles. The van der Waals surface area contributed by atoms with Crippen LogP contribution in [-0.2, 0) is 17.5 Å². The van der Waals surface area contributed by atoms with E-state index >= 15 is 0 Å². The molecule has 0 unspecified atom stereocenters. The fraction of sp³-hybridized carbons (Fsp3) is 0.250. The maximum atomic E-state index is 13.5. The quantitative estimate of drug-likeness (QED) is 0.457. The molecule has 172 valence electrons. The number of hydrogen-bond acceptors (Lipinski definition) is 5. The summed E-state index contributed by atoms with van der Waals surface area (Å²) in [5.41, 5.74) is 1.95. The van der Waals surface area contributed by atoms with Crippen molar-refractivity contribution in [2.24, 2.45) is 0 Å². The van der Waals surface area contributed by atoms with Gasteiger partial charge in [-0.25, -0.2) is 9.78 Å². The second kappa shape index (κ2) is 9.31. The van der Waals surface area contributed by atoms with Crippen molar-refractivity contribution in [3.05, 3.63) is 76.4 Å². The lowest BCUT2D eigenvalue weighted by molar-refractivity contribution is -0.138. The van der Waals surface area contributed by atoms with E-state index in [0.29, 0.717) is 30.2 Å². The van der Waals surface area contributed by atoms with Gasteiger partial charge in [0.05, 0.1) is 23.4 Å². The summed E-state index contributed by atoms with van der Waals surface area (Å²) in [5.74, 6) is 0.163. The van der Waals surface area contributed by atoms with Crippen molar-refractivity contribution in [3.63, 3.8) is 0 Å². The van der Waals surface area contributed by atoms with Gasteiger partial charge in [0.1, 0.15) is 5.82 Å². The minimum absolute atomic E-state index is 0.0259. The van der Waals surface area contributed by atoms with Gasteiger partial charge in [0.2, 0.25) is 0 Å². The van der Waals surface area contributed by atoms with Crippen LogP contribution in [0.25, 0.3) is 11.1 Å². The Morgan fingerprint density at radius 2 is 2.00 bits per heavy atom. The Balaban J connectivity index is 1.69. The lowest BCUT2D eigenvalue weighted by Crippen LogP contribution is -2.34. The monoisotopic (exact) mass is 475 g/mol. The molecule has 1 aliphatic heterocycles. The van der Waals surface area contributed by atoms with Crippen LogP contribution in [0.1, 0.15) is 28.4 Å². The van der Waals surface area contributed by atoms with Crippen LogP contribution in [0.4, 0.5) is 24.7 Å². The summed E-state index contributed by atoms with van der Waals surface area (Å²) in [6.45, 7) is 3.07. The van der Waals surface area contributed by atoms with Crippen LogP contribution >= 0.6 is 11.6 Å². The number of carbonyl (C=O) groups is 1. The van der Waals surface area contributed by atoms with Gasteiger partial charge in [-0.2, -0.15) is 13.2 Å². The molecule has 0 saturated carbocycles. The summed E-state index contributed by atoms with van der Waals surface area (Å²) in [5, 5.41) is 3.43. The Morgan fingerprint density at radius 1 is 1.18 bits per heavy atom. The number of anilines is 2. The Bertz CT molecular complexity index is 1180. The molecule has 4 rings (SSSR count). The molecule has 3 aromatic rings. The highest BCUT2D eigenvalue weighted by molar-refractivity contribution is 6.30. The molecule has 0 spiro atoms. The molecule has 1 N–H and O–H groups in total. The zero-order valence-corrected chi connectivity index (χ0v) is 18.5. The highest BCUT2D eigenvalue weighted by Gasteiger charge is 2.34. The van der Waals surface area contributed by atoms with Crippen molar-refractivity contribution < 1.29 is 22.7 Å². The predicted molar refractivity (Wildman–Crippen MR) is 122 cm³/mol. The summed E-state index contributed by atoms with van der Waals surface area (Å²) in [6, 6.07) is 12.4. The van der Waals surface area contributed by atoms with E-state index in [-0.39, 0.29) is 23.7 Å². The number of fused-ring (bicyclic) bond motifs is 1. The van der Waals surface area contributed by atoms with Gasteiger partial charge < -0.3 is 15.0 Å². The molecule has 2 heterocycles. The molecule has 5 nitrogen and oxygen atoms in total. The fourth-order valence-corrected chi connectivity index (χ4v) is 3.99. The van der Waals surface area contributed by atoms with Crippen LogP contribution in [-0.4, -0.2) is 30.6 Å². The number of benzene rings is 2. The third-order valence-electron chi connectivity index (χ3n) is 5.32. The van der Waals surface area contributed by atoms with Crippen molar-refractivity contribution in [1.29, 1.82) is 0 Å². The van der Waals surface area contributed by atoms with E-state index < -0.39 is 17.7 Å². The molecule has 9 heteroatoms. The number of ether oxygens (including phenoxy) is 1. The van der Waals surface area contributed by atoms with Crippen LogP contribution < -0.4 is 10.2 Å². The average molecular weight is 476 g/mol. The maximum Gasteiger partial charge on any atom is 0.416 e. The lowest BCUT2D eigenvalue weighted by atomic mass is 10.0.